The van der Waals surface area contributed by atoms with Crippen LogP contribution in [0.5, 0.6) is 11.5 Å². The molecular weight excluding hydrogens is 392 g/mol. The molecule has 2 aromatic rings. The lowest BCUT2D eigenvalue weighted by Gasteiger charge is -2.19. The molecule has 0 spiro atoms. The molecule has 0 N–H and O–H groups in total. The second-order valence-corrected chi connectivity index (χ2v) is 6.74. The van der Waals surface area contributed by atoms with Gasteiger partial charge in [0, 0.05) is 19.7 Å². The third-order valence-electron chi connectivity index (χ3n) is 4.58. The van der Waals surface area contributed by atoms with E-state index in [0.717, 1.165) is 28.8 Å². The summed E-state index contributed by atoms with van der Waals surface area (Å²) in [7, 11) is 4.25. The highest BCUT2D eigenvalue weighted by Gasteiger charge is 2.26. The Bertz CT molecular complexity index is 972. The van der Waals surface area contributed by atoms with E-state index in [2.05, 4.69) is 0 Å². The van der Waals surface area contributed by atoms with Gasteiger partial charge in [0.2, 0.25) is 0 Å². The highest BCUT2D eigenvalue weighted by atomic mass is 16.6. The number of benzene rings is 2. The van der Waals surface area contributed by atoms with E-state index < -0.39 is 29.1 Å². The molecule has 9 heteroatoms. The maximum Gasteiger partial charge on any atom is 0.345 e. The zero-order valence-electron chi connectivity index (χ0n) is 17.6. The number of aryl methyl sites for hydroxylation is 2. The van der Waals surface area contributed by atoms with Crippen molar-refractivity contribution in [2.45, 2.75) is 20.4 Å². The van der Waals surface area contributed by atoms with Crippen molar-refractivity contribution < 1.29 is 28.7 Å². The van der Waals surface area contributed by atoms with E-state index in [4.69, 9.17) is 14.2 Å². The van der Waals surface area contributed by atoms with Gasteiger partial charge in [-0.1, -0.05) is 23.8 Å². The van der Waals surface area contributed by atoms with E-state index in [0.29, 0.717) is 6.54 Å². The quantitative estimate of drug-likeness (QED) is 0.370. The summed E-state index contributed by atoms with van der Waals surface area (Å²) < 4.78 is 15.1. The molecule has 9 nitrogen and oxygen atoms in total. The topological polar surface area (TPSA) is 108 Å². The van der Waals surface area contributed by atoms with Gasteiger partial charge in [0.15, 0.2) is 18.1 Å². The van der Waals surface area contributed by atoms with Crippen LogP contribution in [0.2, 0.25) is 0 Å². The highest BCUT2D eigenvalue weighted by Crippen LogP contribution is 2.34. The van der Waals surface area contributed by atoms with Crippen molar-refractivity contribution in [1.82, 2.24) is 4.90 Å². The molecular formula is C21H24N2O7. The molecule has 0 saturated carbocycles. The Kier molecular flexibility index (Phi) is 7.35. The van der Waals surface area contributed by atoms with Crippen molar-refractivity contribution in [3.05, 3.63) is 62.7 Å². The summed E-state index contributed by atoms with van der Waals surface area (Å²) >= 11 is 0. The first-order chi connectivity index (χ1) is 14.2. The van der Waals surface area contributed by atoms with Gasteiger partial charge in [-0.2, -0.15) is 0 Å². The molecule has 0 bridgehead atoms. The number of nitro benzene ring substituents is 1. The number of likely N-dealkylation sites (N-methyl/N-ethyl adjacent to an activating group) is 1. The van der Waals surface area contributed by atoms with Crippen LogP contribution in [-0.2, 0) is 16.1 Å². The predicted molar refractivity (Wildman–Crippen MR) is 109 cm³/mol. The number of rotatable bonds is 8. The fourth-order valence-electron chi connectivity index (χ4n) is 2.86. The summed E-state index contributed by atoms with van der Waals surface area (Å²) in [5.74, 6) is -1.21. The van der Waals surface area contributed by atoms with Gasteiger partial charge in [0.05, 0.1) is 25.2 Å². The van der Waals surface area contributed by atoms with Gasteiger partial charge in [0.25, 0.3) is 11.6 Å². The number of nitrogens with zero attached hydrogens (tertiary/aromatic N) is 2. The number of hydrogen-bond donors (Lipinski definition) is 0. The Balaban J connectivity index is 2.10. The average molecular weight is 416 g/mol. The van der Waals surface area contributed by atoms with Gasteiger partial charge in [-0.15, -0.1) is 0 Å². The number of nitro groups is 1. The standard InChI is InChI=1S/C21H24N2O7/c1-13-6-7-15(14(2)8-13)11-22(3)20(24)12-30-21(25)16-9-18(28-4)19(29-5)10-17(16)23(26)27/h6-10H,11-12H2,1-5H3. The lowest BCUT2D eigenvalue weighted by molar-refractivity contribution is -0.385. The summed E-state index contributed by atoms with van der Waals surface area (Å²) in [6, 6.07) is 8.14. The molecule has 0 unspecified atom stereocenters. The van der Waals surface area contributed by atoms with E-state index >= 15 is 0 Å². The van der Waals surface area contributed by atoms with Crippen molar-refractivity contribution in [1.29, 1.82) is 0 Å². The summed E-state index contributed by atoms with van der Waals surface area (Å²) in [6.45, 7) is 3.74. The van der Waals surface area contributed by atoms with E-state index in [1.165, 1.54) is 19.1 Å². The minimum atomic E-state index is -1.00. The van der Waals surface area contributed by atoms with Crippen molar-refractivity contribution >= 4 is 17.6 Å². The van der Waals surface area contributed by atoms with Crippen LogP contribution in [0.4, 0.5) is 5.69 Å². The predicted octanol–water partition coefficient (Wildman–Crippen LogP) is 3.04. The van der Waals surface area contributed by atoms with Crippen LogP contribution in [0.25, 0.3) is 0 Å². The Hall–Kier alpha value is -3.62. The van der Waals surface area contributed by atoms with Crippen molar-refractivity contribution in [2.24, 2.45) is 0 Å². The number of methoxy groups -OCH3 is 2. The Labute approximate surface area is 174 Å². The highest BCUT2D eigenvalue weighted by molar-refractivity contribution is 5.96. The van der Waals surface area contributed by atoms with Gasteiger partial charge in [-0.3, -0.25) is 14.9 Å². The summed E-state index contributed by atoms with van der Waals surface area (Å²) in [5, 5.41) is 11.3. The molecule has 0 radical (unpaired) electrons. The molecule has 0 aromatic heterocycles. The fraction of sp³-hybridized carbons (Fsp3) is 0.333. The molecule has 0 heterocycles. The first kappa shape index (κ1) is 22.7. The maximum atomic E-state index is 12.4. The minimum absolute atomic E-state index is 0.102. The molecule has 0 saturated heterocycles. The van der Waals surface area contributed by atoms with Crippen molar-refractivity contribution in [2.75, 3.05) is 27.9 Å². The van der Waals surface area contributed by atoms with E-state index in [1.54, 1.807) is 7.05 Å². The van der Waals surface area contributed by atoms with Crippen molar-refractivity contribution in [3.8, 4) is 11.5 Å². The van der Waals surface area contributed by atoms with E-state index in [1.807, 2.05) is 32.0 Å². The first-order valence-corrected chi connectivity index (χ1v) is 9.05. The normalized spacial score (nSPS) is 10.3. The smallest absolute Gasteiger partial charge is 0.345 e. The molecule has 0 atom stereocenters. The fourth-order valence-corrected chi connectivity index (χ4v) is 2.86. The zero-order valence-corrected chi connectivity index (χ0v) is 17.6. The van der Waals surface area contributed by atoms with Gasteiger partial charge < -0.3 is 19.1 Å². The van der Waals surface area contributed by atoms with Crippen LogP contribution in [0, 0.1) is 24.0 Å². The largest absolute Gasteiger partial charge is 0.493 e. The number of carbonyl (C=O) groups is 2. The van der Waals surface area contributed by atoms with Gasteiger partial charge >= 0.3 is 5.97 Å². The molecule has 160 valence electrons. The minimum Gasteiger partial charge on any atom is -0.493 e. The van der Waals surface area contributed by atoms with Crippen LogP contribution in [0.3, 0.4) is 0 Å². The second kappa shape index (κ2) is 9.73. The zero-order chi connectivity index (χ0) is 22.4. The molecule has 0 aliphatic rings. The number of carbonyl (C=O) groups excluding carboxylic acids is 2. The summed E-state index contributed by atoms with van der Waals surface area (Å²) in [5.41, 5.74) is 2.30. The third-order valence-corrected chi connectivity index (χ3v) is 4.58. The van der Waals surface area contributed by atoms with Crippen molar-refractivity contribution in [3.63, 3.8) is 0 Å². The average Bonchev–Trinajstić information content (AvgIpc) is 2.72. The van der Waals surface area contributed by atoms with Gasteiger partial charge in [-0.05, 0) is 25.0 Å². The molecule has 0 fully saturated rings. The molecule has 30 heavy (non-hydrogen) atoms. The number of amides is 1. The number of ether oxygens (including phenoxy) is 3. The molecule has 1 amide bonds. The first-order valence-electron chi connectivity index (χ1n) is 9.05. The van der Waals surface area contributed by atoms with Crippen LogP contribution in [0.1, 0.15) is 27.0 Å². The van der Waals surface area contributed by atoms with E-state index in [-0.39, 0.29) is 17.1 Å². The SMILES string of the molecule is COc1cc(C(=O)OCC(=O)N(C)Cc2ccc(C)cc2C)c([N+](=O)[O-])cc1OC. The molecule has 2 rings (SSSR count). The van der Waals surface area contributed by atoms with Crippen LogP contribution >= 0.6 is 0 Å². The molecule has 0 aliphatic carbocycles. The third kappa shape index (κ3) is 5.25. The van der Waals surface area contributed by atoms with Crippen LogP contribution in [-0.4, -0.2) is 49.6 Å². The summed E-state index contributed by atoms with van der Waals surface area (Å²) in [6.07, 6.45) is 0. The van der Waals surface area contributed by atoms with E-state index in [9.17, 15) is 19.7 Å². The number of hydrogen-bond acceptors (Lipinski definition) is 7. The maximum absolute atomic E-state index is 12.4. The van der Waals surface area contributed by atoms with Gasteiger partial charge in [-0.25, -0.2) is 4.79 Å². The Morgan fingerprint density at radius 3 is 2.27 bits per heavy atom. The molecule has 2 aromatic carbocycles. The number of esters is 1. The molecule has 0 aliphatic heterocycles. The monoisotopic (exact) mass is 416 g/mol. The lowest BCUT2D eigenvalue weighted by atomic mass is 10.1. The lowest BCUT2D eigenvalue weighted by Crippen LogP contribution is -2.31. The second-order valence-electron chi connectivity index (χ2n) is 6.74. The Morgan fingerprint density at radius 2 is 1.70 bits per heavy atom. The summed E-state index contributed by atoms with van der Waals surface area (Å²) in [4.78, 5) is 36.8. The Morgan fingerprint density at radius 1 is 1.07 bits per heavy atom. The van der Waals surface area contributed by atoms with Gasteiger partial charge in [0.1, 0.15) is 5.56 Å². The van der Waals surface area contributed by atoms with Crippen LogP contribution < -0.4 is 9.47 Å². The van der Waals surface area contributed by atoms with Crippen LogP contribution in [0.15, 0.2) is 30.3 Å².